The summed E-state index contributed by atoms with van der Waals surface area (Å²) in [5, 5.41) is 13.5. The molecule has 2 heterocycles. The highest BCUT2D eigenvalue weighted by molar-refractivity contribution is 5.59. The van der Waals surface area contributed by atoms with Gasteiger partial charge in [0.05, 0.1) is 0 Å². The van der Waals surface area contributed by atoms with Crippen LogP contribution in [0.4, 0.5) is 46.5 Å². The normalized spacial score (nSPS) is 19.7. The van der Waals surface area contributed by atoms with Crippen molar-refractivity contribution >= 4 is 46.5 Å². The van der Waals surface area contributed by atoms with Gasteiger partial charge in [0.2, 0.25) is 23.8 Å². The first-order valence-electron chi connectivity index (χ1n) is 16.0. The molecule has 8 rings (SSSR count). The van der Waals surface area contributed by atoms with Crippen LogP contribution in [0, 0.1) is 11.8 Å². The summed E-state index contributed by atoms with van der Waals surface area (Å²) >= 11 is 0. The van der Waals surface area contributed by atoms with Crippen molar-refractivity contribution in [3.8, 4) is 0 Å². The quantitative estimate of drug-likeness (QED) is 0.119. The van der Waals surface area contributed by atoms with E-state index in [4.69, 9.17) is 29.9 Å². The summed E-state index contributed by atoms with van der Waals surface area (Å²) in [6.07, 6.45) is 3.01. The van der Waals surface area contributed by atoms with Crippen LogP contribution >= 0.6 is 0 Å². The molecule has 4 atom stereocenters. The molecule has 0 aliphatic heterocycles. The number of benzene rings is 4. The van der Waals surface area contributed by atoms with Gasteiger partial charge in [-0.1, -0.05) is 72.8 Å². The number of rotatable bonds is 10. The third-order valence-electron chi connectivity index (χ3n) is 8.95. The molecule has 4 N–H and O–H groups in total. The average Bonchev–Trinajstić information content (AvgIpc) is 3.72. The van der Waals surface area contributed by atoms with E-state index in [9.17, 15) is 0 Å². The highest BCUT2D eigenvalue weighted by Gasteiger charge is 2.49. The lowest BCUT2D eigenvalue weighted by molar-refractivity contribution is 0.355. The van der Waals surface area contributed by atoms with Crippen LogP contribution in [0.3, 0.4) is 0 Å². The van der Waals surface area contributed by atoms with E-state index in [1.165, 1.54) is 0 Å². The van der Waals surface area contributed by atoms with Crippen molar-refractivity contribution in [3.63, 3.8) is 0 Å². The number of fused-ring (bicyclic) bond motifs is 2. The molecule has 4 unspecified atom stereocenters. The van der Waals surface area contributed by atoms with Crippen molar-refractivity contribution in [2.75, 3.05) is 21.3 Å². The first-order chi connectivity index (χ1) is 23.2. The van der Waals surface area contributed by atoms with E-state index >= 15 is 0 Å². The molecule has 0 spiro atoms. The predicted molar refractivity (Wildman–Crippen MR) is 185 cm³/mol. The molecule has 4 aromatic carbocycles. The van der Waals surface area contributed by atoms with E-state index in [0.717, 1.165) is 53.7 Å². The Morgan fingerprint density at radius 1 is 0.340 bits per heavy atom. The first kappa shape index (κ1) is 28.6. The van der Waals surface area contributed by atoms with E-state index < -0.39 is 0 Å². The third kappa shape index (κ3) is 6.57. The third-order valence-corrected chi connectivity index (χ3v) is 8.95. The van der Waals surface area contributed by atoms with Gasteiger partial charge in [0, 0.05) is 34.6 Å². The fourth-order valence-electron chi connectivity index (χ4n) is 6.85. The maximum atomic E-state index is 4.96. The molecule has 0 saturated heterocycles. The van der Waals surface area contributed by atoms with Crippen LogP contribution in [0.5, 0.6) is 0 Å². The molecule has 47 heavy (non-hydrogen) atoms. The van der Waals surface area contributed by atoms with Crippen LogP contribution in [0.1, 0.15) is 42.7 Å². The molecule has 2 saturated carbocycles. The molecule has 2 fully saturated rings. The van der Waals surface area contributed by atoms with E-state index in [-0.39, 0.29) is 11.8 Å². The van der Waals surface area contributed by atoms with Gasteiger partial charge in [-0.25, -0.2) is 0 Å². The van der Waals surface area contributed by atoms with Crippen molar-refractivity contribution in [3.05, 3.63) is 133 Å². The first-order valence-corrected chi connectivity index (χ1v) is 16.0. The van der Waals surface area contributed by atoms with Gasteiger partial charge in [-0.3, -0.25) is 0 Å². The monoisotopic (exact) mass is 618 g/mol. The number of nitrogens with one attached hydrogen (secondary N) is 4. The van der Waals surface area contributed by atoms with Gasteiger partial charge in [0.15, 0.2) is 0 Å². The molecule has 0 radical (unpaired) electrons. The summed E-state index contributed by atoms with van der Waals surface area (Å²) < 4.78 is 0. The summed E-state index contributed by atoms with van der Waals surface area (Å²) in [5.41, 5.74) is 3.71. The van der Waals surface area contributed by atoms with Gasteiger partial charge in [-0.2, -0.15) is 29.9 Å². The summed E-state index contributed by atoms with van der Waals surface area (Å²) in [4.78, 5) is 29.3. The Bertz CT molecular complexity index is 1680. The Balaban J connectivity index is 1.06. The highest BCUT2D eigenvalue weighted by Crippen LogP contribution is 2.58. The van der Waals surface area contributed by atoms with Gasteiger partial charge in [-0.15, -0.1) is 0 Å². The molecule has 2 bridgehead atoms. The zero-order chi connectivity index (χ0) is 31.4. The molecule has 2 aromatic heterocycles. The van der Waals surface area contributed by atoms with Crippen LogP contribution in [-0.2, 0) is 0 Å². The minimum absolute atomic E-state index is 0.220. The van der Waals surface area contributed by atoms with Crippen LogP contribution in [-0.4, -0.2) is 29.9 Å². The molecule has 6 aromatic rings. The summed E-state index contributed by atoms with van der Waals surface area (Å²) in [6.45, 7) is 0. The minimum Gasteiger partial charge on any atom is -0.324 e. The van der Waals surface area contributed by atoms with E-state index in [0.29, 0.717) is 35.6 Å². The van der Waals surface area contributed by atoms with Gasteiger partial charge in [0.25, 0.3) is 0 Å². The second-order valence-electron chi connectivity index (χ2n) is 12.1. The predicted octanol–water partition coefficient (Wildman–Crippen LogP) is 8.33. The summed E-state index contributed by atoms with van der Waals surface area (Å²) in [6, 6.07) is 40.0. The van der Waals surface area contributed by atoms with Crippen molar-refractivity contribution in [2.45, 2.75) is 31.1 Å². The van der Waals surface area contributed by atoms with E-state index in [1.54, 1.807) is 0 Å². The summed E-state index contributed by atoms with van der Waals surface area (Å²) in [7, 11) is 0. The fourth-order valence-corrected chi connectivity index (χ4v) is 6.85. The van der Waals surface area contributed by atoms with Crippen molar-refractivity contribution in [1.29, 1.82) is 0 Å². The lowest BCUT2D eigenvalue weighted by Gasteiger charge is -2.27. The zero-order valence-electron chi connectivity index (χ0n) is 25.7. The Morgan fingerprint density at radius 2 is 0.617 bits per heavy atom. The smallest absolute Gasteiger partial charge is 0.232 e. The molecule has 10 heteroatoms. The number of para-hydroxylation sites is 4. The van der Waals surface area contributed by atoms with Crippen molar-refractivity contribution in [1.82, 2.24) is 29.9 Å². The lowest BCUT2D eigenvalue weighted by Crippen LogP contribution is -2.21. The maximum Gasteiger partial charge on any atom is 0.232 e. The standard InChI is InChI=1S/C37H34N10/c1-5-13-26(14-6-1)38-34-42-32(43-35(46-34)39-27-15-7-2-8-16-27)30-22-25-21-24(30)23-31(25)33-44-36(40-28-17-9-3-10-18-28)47-37(45-33)41-29-19-11-4-12-20-29/h1-20,24-25,30-31H,21-23H2,(H2,38,39,42,43,46)(H2,40,41,44,45,47). The van der Waals surface area contributed by atoms with Crippen LogP contribution in [0.2, 0.25) is 0 Å². The van der Waals surface area contributed by atoms with Gasteiger partial charge >= 0.3 is 0 Å². The molecular formula is C37H34N10. The second kappa shape index (κ2) is 12.8. The van der Waals surface area contributed by atoms with Crippen LogP contribution in [0.25, 0.3) is 0 Å². The Kier molecular flexibility index (Phi) is 7.80. The molecule has 2 aliphatic carbocycles. The topological polar surface area (TPSA) is 125 Å². The number of hydrogen-bond acceptors (Lipinski definition) is 10. The van der Waals surface area contributed by atoms with Crippen LogP contribution in [0.15, 0.2) is 121 Å². The second-order valence-corrected chi connectivity index (χ2v) is 12.1. The number of anilines is 8. The van der Waals surface area contributed by atoms with E-state index in [2.05, 4.69) is 21.3 Å². The number of nitrogens with zero attached hydrogens (tertiary/aromatic N) is 6. The van der Waals surface area contributed by atoms with Gasteiger partial charge in [0.1, 0.15) is 11.6 Å². The van der Waals surface area contributed by atoms with Gasteiger partial charge in [-0.05, 0) is 79.6 Å². The Morgan fingerprint density at radius 3 is 0.872 bits per heavy atom. The fraction of sp³-hybridized carbons (Fsp3) is 0.189. The average molecular weight is 619 g/mol. The van der Waals surface area contributed by atoms with Crippen LogP contribution < -0.4 is 21.3 Å². The molecule has 232 valence electrons. The molecule has 10 nitrogen and oxygen atoms in total. The van der Waals surface area contributed by atoms with Crippen molar-refractivity contribution in [2.24, 2.45) is 11.8 Å². The van der Waals surface area contributed by atoms with E-state index in [1.807, 2.05) is 121 Å². The summed E-state index contributed by atoms with van der Waals surface area (Å²) in [5.74, 6) is 5.02. The highest BCUT2D eigenvalue weighted by atomic mass is 15.2. The molecule has 2 aliphatic rings. The molecular weight excluding hydrogens is 584 g/mol. The SMILES string of the molecule is c1ccc(Nc2nc(Nc3ccccc3)nc(C3CC4CC3CC4c3nc(Nc4ccccc4)nc(Nc4ccccc4)n3)n2)cc1. The Labute approximate surface area is 273 Å². The minimum atomic E-state index is 0.220. The maximum absolute atomic E-state index is 4.96. The largest absolute Gasteiger partial charge is 0.324 e. The molecule has 0 amide bonds. The van der Waals surface area contributed by atoms with Crippen molar-refractivity contribution < 1.29 is 0 Å². The number of aromatic nitrogens is 6. The number of hydrogen-bond donors (Lipinski definition) is 4. The van der Waals surface area contributed by atoms with Gasteiger partial charge < -0.3 is 21.3 Å². The zero-order valence-corrected chi connectivity index (χ0v) is 25.7. The Hall–Kier alpha value is -5.90. The lowest BCUT2D eigenvalue weighted by atomic mass is 9.81.